The highest BCUT2D eigenvalue weighted by Gasteiger charge is 2.26. The van der Waals surface area contributed by atoms with Crippen molar-refractivity contribution >= 4 is 5.78 Å². The monoisotopic (exact) mass is 226 g/mol. The topological polar surface area (TPSA) is 35.5 Å². The smallest absolute Gasteiger partial charge is 0.157 e. The Labute approximate surface area is 97.5 Å². The molecule has 16 heavy (non-hydrogen) atoms. The van der Waals surface area contributed by atoms with Crippen molar-refractivity contribution in [1.29, 1.82) is 0 Å². The molecule has 2 aliphatic rings. The summed E-state index contributed by atoms with van der Waals surface area (Å²) < 4.78 is 10.8. The van der Waals surface area contributed by atoms with Gasteiger partial charge in [0.25, 0.3) is 0 Å². The van der Waals surface area contributed by atoms with Gasteiger partial charge in [-0.05, 0) is 37.5 Å². The average molecular weight is 226 g/mol. The Balaban J connectivity index is 1.65. The molecule has 2 fully saturated rings. The Morgan fingerprint density at radius 1 is 1.25 bits per heavy atom. The van der Waals surface area contributed by atoms with E-state index in [1.807, 2.05) is 0 Å². The molecule has 0 N–H and O–H groups in total. The molecule has 0 bridgehead atoms. The lowest BCUT2D eigenvalue weighted by Crippen LogP contribution is -2.23. The van der Waals surface area contributed by atoms with Crippen molar-refractivity contribution in [2.75, 3.05) is 13.2 Å². The lowest BCUT2D eigenvalue weighted by atomic mass is 9.77. The van der Waals surface area contributed by atoms with Gasteiger partial charge < -0.3 is 9.47 Å². The number of hydrogen-bond acceptors (Lipinski definition) is 3. The normalized spacial score (nSPS) is 32.2. The number of ether oxygens (including phenoxy) is 2. The van der Waals surface area contributed by atoms with Crippen LogP contribution in [-0.2, 0) is 14.3 Å². The van der Waals surface area contributed by atoms with Gasteiger partial charge in [0, 0.05) is 12.8 Å². The second-order valence-corrected chi connectivity index (χ2v) is 5.12. The summed E-state index contributed by atoms with van der Waals surface area (Å²) >= 11 is 0. The molecule has 0 aromatic heterocycles. The predicted molar refractivity (Wildman–Crippen MR) is 61.1 cm³/mol. The number of carbonyl (C=O) groups is 1. The fourth-order valence-corrected chi connectivity index (χ4v) is 2.73. The third kappa shape index (κ3) is 3.29. The highest BCUT2D eigenvalue weighted by molar-refractivity contribution is 5.79. The molecule has 1 aliphatic carbocycles. The van der Waals surface area contributed by atoms with E-state index in [4.69, 9.17) is 9.47 Å². The third-order valence-corrected chi connectivity index (χ3v) is 3.88. The molecule has 0 unspecified atom stereocenters. The summed E-state index contributed by atoms with van der Waals surface area (Å²) in [5.74, 6) is 1.77. The molecule has 0 aromatic rings. The average Bonchev–Trinajstić information content (AvgIpc) is 2.76. The Kier molecular flexibility index (Phi) is 4.36. The highest BCUT2D eigenvalue weighted by Crippen LogP contribution is 2.31. The van der Waals surface area contributed by atoms with Crippen molar-refractivity contribution in [3.8, 4) is 0 Å². The maximum absolute atomic E-state index is 11.4. The Morgan fingerprint density at radius 3 is 2.75 bits per heavy atom. The van der Waals surface area contributed by atoms with E-state index in [2.05, 4.69) is 6.92 Å². The van der Waals surface area contributed by atoms with Gasteiger partial charge in [-0.1, -0.05) is 6.92 Å². The first-order valence-corrected chi connectivity index (χ1v) is 6.50. The number of hydrogen-bond donors (Lipinski definition) is 0. The predicted octanol–water partition coefficient (Wildman–Crippen LogP) is 2.53. The van der Waals surface area contributed by atoms with E-state index in [1.54, 1.807) is 0 Å². The minimum absolute atomic E-state index is 0.0228. The molecular formula is C13H22O3. The van der Waals surface area contributed by atoms with Gasteiger partial charge in [0.05, 0.1) is 13.2 Å². The lowest BCUT2D eigenvalue weighted by Gasteiger charge is -2.28. The van der Waals surface area contributed by atoms with Crippen molar-refractivity contribution in [2.45, 2.75) is 51.7 Å². The molecule has 92 valence electrons. The Hall–Kier alpha value is -0.410. The van der Waals surface area contributed by atoms with Crippen LogP contribution in [0.15, 0.2) is 0 Å². The van der Waals surface area contributed by atoms with Gasteiger partial charge in [-0.25, -0.2) is 0 Å². The highest BCUT2D eigenvalue weighted by atomic mass is 16.7. The Morgan fingerprint density at radius 2 is 2.00 bits per heavy atom. The molecule has 0 spiro atoms. The van der Waals surface area contributed by atoms with Crippen LogP contribution in [0.1, 0.15) is 45.4 Å². The number of carbonyl (C=O) groups excluding carboxylic acids is 1. The summed E-state index contributed by atoms with van der Waals surface area (Å²) in [6, 6.07) is 0. The summed E-state index contributed by atoms with van der Waals surface area (Å²) in [7, 11) is 0. The van der Waals surface area contributed by atoms with Crippen LogP contribution in [0.2, 0.25) is 0 Å². The van der Waals surface area contributed by atoms with Gasteiger partial charge in [-0.15, -0.1) is 0 Å². The first-order chi connectivity index (χ1) is 7.75. The molecule has 1 aliphatic heterocycles. The Bertz CT molecular complexity index is 233. The zero-order valence-electron chi connectivity index (χ0n) is 10.1. The number of ketones is 1. The molecular weight excluding hydrogens is 204 g/mol. The maximum atomic E-state index is 11.4. The van der Waals surface area contributed by atoms with Crippen molar-refractivity contribution < 1.29 is 14.3 Å². The van der Waals surface area contributed by atoms with E-state index in [-0.39, 0.29) is 6.29 Å². The van der Waals surface area contributed by atoms with Gasteiger partial charge in [-0.3, -0.25) is 4.79 Å². The molecule has 0 aromatic carbocycles. The van der Waals surface area contributed by atoms with Crippen LogP contribution >= 0.6 is 0 Å². The molecule has 0 amide bonds. The van der Waals surface area contributed by atoms with Crippen LogP contribution < -0.4 is 0 Å². The molecule has 2 atom stereocenters. The second kappa shape index (κ2) is 5.78. The second-order valence-electron chi connectivity index (χ2n) is 5.12. The van der Waals surface area contributed by atoms with Gasteiger partial charge >= 0.3 is 0 Å². The quantitative estimate of drug-likeness (QED) is 0.739. The molecule has 1 heterocycles. The van der Waals surface area contributed by atoms with Crippen LogP contribution in [-0.4, -0.2) is 25.3 Å². The minimum atomic E-state index is 0.0228. The van der Waals surface area contributed by atoms with Crippen LogP contribution in [0, 0.1) is 11.8 Å². The van der Waals surface area contributed by atoms with Crippen molar-refractivity contribution in [1.82, 2.24) is 0 Å². The molecule has 2 rings (SSSR count). The fraction of sp³-hybridized carbons (Fsp3) is 0.923. The SMILES string of the molecule is C[C@@H]1CCC(=O)C[C@H]1CCCC1OCCO1. The molecule has 1 saturated carbocycles. The first-order valence-electron chi connectivity index (χ1n) is 6.50. The van der Waals surface area contributed by atoms with Crippen molar-refractivity contribution in [3.63, 3.8) is 0 Å². The van der Waals surface area contributed by atoms with Crippen LogP contribution in [0.25, 0.3) is 0 Å². The molecule has 0 radical (unpaired) electrons. The van der Waals surface area contributed by atoms with E-state index < -0.39 is 0 Å². The molecule has 3 nitrogen and oxygen atoms in total. The lowest BCUT2D eigenvalue weighted by molar-refractivity contribution is -0.122. The van der Waals surface area contributed by atoms with Gasteiger partial charge in [-0.2, -0.15) is 0 Å². The van der Waals surface area contributed by atoms with Gasteiger partial charge in [0.1, 0.15) is 5.78 Å². The summed E-state index contributed by atoms with van der Waals surface area (Å²) in [5, 5.41) is 0. The number of Topliss-reactive ketones (excluding diaryl/α,β-unsaturated/α-hetero) is 1. The standard InChI is InChI=1S/C13H22O3/c1-10-5-6-12(14)9-11(10)3-2-4-13-15-7-8-16-13/h10-11,13H,2-9H2,1H3/t10-,11-/m1/s1. The zero-order chi connectivity index (χ0) is 11.4. The minimum Gasteiger partial charge on any atom is -0.350 e. The largest absolute Gasteiger partial charge is 0.350 e. The van der Waals surface area contributed by atoms with Crippen molar-refractivity contribution in [3.05, 3.63) is 0 Å². The summed E-state index contributed by atoms with van der Waals surface area (Å²) in [6.45, 7) is 3.76. The molecule has 1 saturated heterocycles. The van der Waals surface area contributed by atoms with Crippen molar-refractivity contribution in [2.24, 2.45) is 11.8 Å². The van der Waals surface area contributed by atoms with Crippen LogP contribution in [0.5, 0.6) is 0 Å². The molecule has 3 heteroatoms. The third-order valence-electron chi connectivity index (χ3n) is 3.88. The van der Waals surface area contributed by atoms with E-state index in [1.165, 1.54) is 0 Å². The summed E-state index contributed by atoms with van der Waals surface area (Å²) in [4.78, 5) is 11.4. The van der Waals surface area contributed by atoms with Crippen LogP contribution in [0.4, 0.5) is 0 Å². The summed E-state index contributed by atoms with van der Waals surface area (Å²) in [6.07, 6.45) is 5.95. The van der Waals surface area contributed by atoms with E-state index in [0.717, 1.165) is 51.7 Å². The number of rotatable bonds is 4. The van der Waals surface area contributed by atoms with Gasteiger partial charge in [0.15, 0.2) is 6.29 Å². The maximum Gasteiger partial charge on any atom is 0.157 e. The van der Waals surface area contributed by atoms with Gasteiger partial charge in [0.2, 0.25) is 0 Å². The zero-order valence-corrected chi connectivity index (χ0v) is 10.1. The van der Waals surface area contributed by atoms with E-state index in [0.29, 0.717) is 17.6 Å². The van der Waals surface area contributed by atoms with E-state index in [9.17, 15) is 4.79 Å². The summed E-state index contributed by atoms with van der Waals surface area (Å²) in [5.41, 5.74) is 0. The fourth-order valence-electron chi connectivity index (χ4n) is 2.73. The van der Waals surface area contributed by atoms with E-state index >= 15 is 0 Å². The van der Waals surface area contributed by atoms with Crippen LogP contribution in [0.3, 0.4) is 0 Å². The first kappa shape index (κ1) is 12.1.